The summed E-state index contributed by atoms with van der Waals surface area (Å²) in [5, 5.41) is 20.7. The first-order valence-corrected chi connectivity index (χ1v) is 6.77. The summed E-state index contributed by atoms with van der Waals surface area (Å²) in [5.74, 6) is -3.45. The summed E-state index contributed by atoms with van der Waals surface area (Å²) in [6.07, 6.45) is 1.81. The van der Waals surface area contributed by atoms with Crippen molar-refractivity contribution in [1.82, 2.24) is 0 Å². The molecule has 0 saturated heterocycles. The predicted octanol–water partition coefficient (Wildman–Crippen LogP) is 2.13. The summed E-state index contributed by atoms with van der Waals surface area (Å²) >= 11 is 0. The zero-order valence-corrected chi connectivity index (χ0v) is 11.6. The van der Waals surface area contributed by atoms with E-state index in [0.29, 0.717) is 24.1 Å². The van der Waals surface area contributed by atoms with Gasteiger partial charge in [-0.3, -0.25) is 9.59 Å². The summed E-state index contributed by atoms with van der Waals surface area (Å²) in [7, 11) is 0. The van der Waals surface area contributed by atoms with Crippen LogP contribution in [0.5, 0.6) is 0 Å². The van der Waals surface area contributed by atoms with Gasteiger partial charge in [-0.2, -0.15) is 0 Å². The monoisotopic (exact) mass is 291 g/mol. The van der Waals surface area contributed by atoms with Crippen LogP contribution in [0, 0.1) is 18.8 Å². The highest BCUT2D eigenvalue weighted by molar-refractivity contribution is 5.96. The number of carbonyl (C=O) groups is 3. The molecule has 1 aliphatic carbocycles. The molecular formula is C15H17NO5. The number of aliphatic carboxylic acids is 1. The smallest absolute Gasteiger partial charge is 0.335 e. The van der Waals surface area contributed by atoms with Crippen LogP contribution in [0.1, 0.15) is 35.2 Å². The molecule has 0 aromatic heterocycles. The number of hydrogen-bond donors (Lipinski definition) is 3. The van der Waals surface area contributed by atoms with Gasteiger partial charge in [0.2, 0.25) is 5.91 Å². The van der Waals surface area contributed by atoms with Gasteiger partial charge in [-0.25, -0.2) is 4.79 Å². The first-order valence-electron chi connectivity index (χ1n) is 6.77. The first-order chi connectivity index (χ1) is 9.90. The van der Waals surface area contributed by atoms with Crippen molar-refractivity contribution in [2.45, 2.75) is 26.2 Å². The highest BCUT2D eigenvalue weighted by Crippen LogP contribution is 2.33. The molecule has 0 spiro atoms. The largest absolute Gasteiger partial charge is 0.481 e. The van der Waals surface area contributed by atoms with Gasteiger partial charge in [-0.05, 0) is 43.5 Å². The van der Waals surface area contributed by atoms with E-state index in [4.69, 9.17) is 10.2 Å². The quantitative estimate of drug-likeness (QED) is 0.788. The SMILES string of the molecule is Cc1cc(C(=O)O)ccc1NC(=O)C1CCCC1C(=O)O. The Labute approximate surface area is 121 Å². The maximum absolute atomic E-state index is 12.2. The highest BCUT2D eigenvalue weighted by atomic mass is 16.4. The first kappa shape index (κ1) is 15.0. The Balaban J connectivity index is 2.13. The van der Waals surface area contributed by atoms with Gasteiger partial charge in [0.25, 0.3) is 0 Å². The summed E-state index contributed by atoms with van der Waals surface area (Å²) < 4.78 is 0. The van der Waals surface area contributed by atoms with Gasteiger partial charge in [-0.1, -0.05) is 6.42 Å². The number of benzene rings is 1. The molecule has 2 rings (SSSR count). The topological polar surface area (TPSA) is 104 Å². The van der Waals surface area contributed by atoms with Crippen molar-refractivity contribution < 1.29 is 24.6 Å². The third-order valence-corrected chi connectivity index (χ3v) is 3.90. The molecule has 0 radical (unpaired) electrons. The van der Waals surface area contributed by atoms with E-state index in [9.17, 15) is 14.4 Å². The average molecular weight is 291 g/mol. The molecule has 1 fully saturated rings. The van der Waals surface area contributed by atoms with Crippen molar-refractivity contribution in [3.63, 3.8) is 0 Å². The van der Waals surface area contributed by atoms with Crippen LogP contribution in [-0.2, 0) is 9.59 Å². The second kappa shape index (κ2) is 5.95. The highest BCUT2D eigenvalue weighted by Gasteiger charge is 2.37. The minimum atomic E-state index is -1.03. The standard InChI is InChI=1S/C15H17NO5/c1-8-7-9(14(18)19)5-6-12(8)16-13(17)10-3-2-4-11(10)15(20)21/h5-7,10-11H,2-4H2,1H3,(H,16,17)(H,18,19)(H,20,21). The summed E-state index contributed by atoms with van der Waals surface area (Å²) in [4.78, 5) is 34.2. The van der Waals surface area contributed by atoms with Gasteiger partial charge in [0.05, 0.1) is 17.4 Å². The van der Waals surface area contributed by atoms with Crippen molar-refractivity contribution in [3.05, 3.63) is 29.3 Å². The molecule has 0 heterocycles. The third kappa shape index (κ3) is 3.21. The summed E-state index contributed by atoms with van der Waals surface area (Å²) in [5.41, 5.74) is 1.30. The Hall–Kier alpha value is -2.37. The summed E-state index contributed by atoms with van der Waals surface area (Å²) in [6, 6.07) is 4.41. The van der Waals surface area contributed by atoms with Crippen LogP contribution in [0.2, 0.25) is 0 Å². The number of carboxylic acid groups (broad SMARTS) is 2. The minimum absolute atomic E-state index is 0.148. The van der Waals surface area contributed by atoms with Gasteiger partial charge in [-0.15, -0.1) is 0 Å². The number of aromatic carboxylic acids is 1. The molecule has 6 heteroatoms. The molecular weight excluding hydrogens is 274 g/mol. The van der Waals surface area contributed by atoms with E-state index in [1.165, 1.54) is 18.2 Å². The van der Waals surface area contributed by atoms with Gasteiger partial charge in [0, 0.05) is 5.69 Å². The lowest BCUT2D eigenvalue weighted by Crippen LogP contribution is -2.30. The lowest BCUT2D eigenvalue weighted by atomic mass is 9.95. The van der Waals surface area contributed by atoms with Gasteiger partial charge >= 0.3 is 11.9 Å². The number of rotatable bonds is 4. The van der Waals surface area contributed by atoms with Gasteiger partial charge in [0.1, 0.15) is 0 Å². The van der Waals surface area contributed by atoms with Crippen molar-refractivity contribution in [1.29, 1.82) is 0 Å². The molecule has 0 aliphatic heterocycles. The van der Waals surface area contributed by atoms with Crippen LogP contribution in [0.3, 0.4) is 0 Å². The number of amides is 1. The van der Waals surface area contributed by atoms with E-state index in [1.807, 2.05) is 0 Å². The van der Waals surface area contributed by atoms with E-state index in [2.05, 4.69) is 5.32 Å². The zero-order chi connectivity index (χ0) is 15.6. The normalized spacial score (nSPS) is 21.0. The fourth-order valence-electron chi connectivity index (χ4n) is 2.73. The van der Waals surface area contributed by atoms with Gasteiger partial charge < -0.3 is 15.5 Å². The average Bonchev–Trinajstić information content (AvgIpc) is 2.90. The Morgan fingerprint density at radius 1 is 1.14 bits per heavy atom. The van der Waals surface area contributed by atoms with Crippen molar-refractivity contribution in [2.75, 3.05) is 5.32 Å². The fraction of sp³-hybridized carbons (Fsp3) is 0.400. The van der Waals surface area contributed by atoms with E-state index in [-0.39, 0.29) is 11.5 Å². The van der Waals surface area contributed by atoms with Crippen LogP contribution < -0.4 is 5.32 Å². The lowest BCUT2D eigenvalue weighted by molar-refractivity contribution is -0.145. The maximum atomic E-state index is 12.2. The molecule has 3 N–H and O–H groups in total. The summed E-state index contributed by atoms with van der Waals surface area (Å²) in [6.45, 7) is 1.70. The number of nitrogens with one attached hydrogen (secondary N) is 1. The lowest BCUT2D eigenvalue weighted by Gasteiger charge is -2.16. The fourth-order valence-corrected chi connectivity index (χ4v) is 2.73. The van der Waals surface area contributed by atoms with Crippen LogP contribution in [-0.4, -0.2) is 28.1 Å². The van der Waals surface area contributed by atoms with Crippen LogP contribution in [0.25, 0.3) is 0 Å². The van der Waals surface area contributed by atoms with Crippen molar-refractivity contribution >= 4 is 23.5 Å². The van der Waals surface area contributed by atoms with Crippen molar-refractivity contribution in [3.8, 4) is 0 Å². The molecule has 1 saturated carbocycles. The van der Waals surface area contributed by atoms with E-state index >= 15 is 0 Å². The molecule has 1 amide bonds. The molecule has 1 aromatic rings. The van der Waals surface area contributed by atoms with Gasteiger partial charge in [0.15, 0.2) is 0 Å². The van der Waals surface area contributed by atoms with Crippen molar-refractivity contribution in [2.24, 2.45) is 11.8 Å². The molecule has 21 heavy (non-hydrogen) atoms. The molecule has 2 atom stereocenters. The number of carbonyl (C=O) groups excluding carboxylic acids is 1. The second-order valence-electron chi connectivity index (χ2n) is 5.31. The van der Waals surface area contributed by atoms with E-state index in [1.54, 1.807) is 6.92 Å². The van der Waals surface area contributed by atoms with E-state index < -0.39 is 23.8 Å². The minimum Gasteiger partial charge on any atom is -0.481 e. The maximum Gasteiger partial charge on any atom is 0.335 e. The van der Waals surface area contributed by atoms with Crippen LogP contribution in [0.15, 0.2) is 18.2 Å². The number of hydrogen-bond acceptors (Lipinski definition) is 3. The second-order valence-corrected chi connectivity index (χ2v) is 5.31. The Morgan fingerprint density at radius 2 is 1.81 bits per heavy atom. The van der Waals surface area contributed by atoms with Crippen LogP contribution >= 0.6 is 0 Å². The number of anilines is 1. The third-order valence-electron chi connectivity index (χ3n) is 3.90. The zero-order valence-electron chi connectivity index (χ0n) is 11.6. The van der Waals surface area contributed by atoms with Crippen LogP contribution in [0.4, 0.5) is 5.69 Å². The molecule has 0 bridgehead atoms. The molecule has 1 aromatic carbocycles. The number of carboxylic acids is 2. The predicted molar refractivity (Wildman–Crippen MR) is 75.2 cm³/mol. The Morgan fingerprint density at radius 3 is 2.38 bits per heavy atom. The Kier molecular flexibility index (Phi) is 4.26. The molecule has 2 unspecified atom stereocenters. The Bertz CT molecular complexity index is 596. The number of aryl methyl sites for hydroxylation is 1. The molecule has 112 valence electrons. The molecule has 1 aliphatic rings. The molecule has 6 nitrogen and oxygen atoms in total. The van der Waals surface area contributed by atoms with E-state index in [0.717, 1.165) is 6.42 Å².